The van der Waals surface area contributed by atoms with Crippen LogP contribution in [-0.4, -0.2) is 19.9 Å². The van der Waals surface area contributed by atoms with Crippen molar-refractivity contribution in [2.24, 2.45) is 0 Å². The van der Waals surface area contributed by atoms with Gasteiger partial charge in [-0.25, -0.2) is 9.18 Å². The fourth-order valence-electron chi connectivity index (χ4n) is 2.40. The van der Waals surface area contributed by atoms with Gasteiger partial charge in [0.25, 0.3) is 0 Å². The van der Waals surface area contributed by atoms with E-state index in [9.17, 15) is 9.18 Å². The van der Waals surface area contributed by atoms with E-state index in [1.54, 1.807) is 0 Å². The summed E-state index contributed by atoms with van der Waals surface area (Å²) in [5.74, 6) is 0.301. The van der Waals surface area contributed by atoms with Crippen molar-refractivity contribution in [3.05, 3.63) is 64.0 Å². The van der Waals surface area contributed by atoms with Gasteiger partial charge in [0.2, 0.25) is 17.6 Å². The number of hydrogen-bond acceptors (Lipinski definition) is 7. The standard InChI is InChI=1S/C17H13FN4O3S/c18-12-7-5-11(6-8-12)16-20-22(17(23)24-16)9-1-4-14-19-15(21-25-14)13-3-2-10-26-13/h2-3,5-8,10H,1,4,9H2. The van der Waals surface area contributed by atoms with E-state index in [1.165, 1.54) is 40.3 Å². The van der Waals surface area contributed by atoms with Crippen molar-refractivity contribution >= 4 is 11.3 Å². The van der Waals surface area contributed by atoms with E-state index in [4.69, 9.17) is 8.94 Å². The van der Waals surface area contributed by atoms with Gasteiger partial charge in [-0.2, -0.15) is 9.67 Å². The summed E-state index contributed by atoms with van der Waals surface area (Å²) in [6, 6.07) is 9.44. The topological polar surface area (TPSA) is 87.0 Å². The number of rotatable bonds is 6. The molecule has 0 aliphatic rings. The molecule has 7 nitrogen and oxygen atoms in total. The SMILES string of the molecule is O=c1oc(-c2ccc(F)cc2)nn1CCCc1nc(-c2cccs2)no1. The first-order valence-electron chi connectivity index (χ1n) is 7.89. The molecule has 0 atom stereocenters. The van der Waals surface area contributed by atoms with Gasteiger partial charge in [0.05, 0.1) is 4.88 Å². The summed E-state index contributed by atoms with van der Waals surface area (Å²) in [6.45, 7) is 0.347. The van der Waals surface area contributed by atoms with Crippen LogP contribution in [0.15, 0.2) is 55.5 Å². The van der Waals surface area contributed by atoms with Crippen LogP contribution in [0.3, 0.4) is 0 Å². The number of hydrogen-bond donors (Lipinski definition) is 0. The van der Waals surface area contributed by atoms with E-state index in [1.807, 2.05) is 17.5 Å². The molecule has 0 unspecified atom stereocenters. The summed E-state index contributed by atoms with van der Waals surface area (Å²) in [5, 5.41) is 10.0. The van der Waals surface area contributed by atoms with Crippen LogP contribution in [0.4, 0.5) is 4.39 Å². The van der Waals surface area contributed by atoms with Crippen LogP contribution in [0, 0.1) is 5.82 Å². The summed E-state index contributed by atoms with van der Waals surface area (Å²) >= 11 is 1.54. The Kier molecular flexibility index (Phi) is 4.44. The van der Waals surface area contributed by atoms with Gasteiger partial charge in [-0.15, -0.1) is 16.4 Å². The molecule has 1 aromatic carbocycles. The third-order valence-electron chi connectivity index (χ3n) is 3.67. The molecule has 0 saturated heterocycles. The number of aromatic nitrogens is 4. The molecular weight excluding hydrogens is 359 g/mol. The minimum absolute atomic E-state index is 0.160. The molecule has 4 rings (SSSR count). The van der Waals surface area contributed by atoms with Crippen molar-refractivity contribution < 1.29 is 13.3 Å². The second kappa shape index (κ2) is 7.04. The Hall–Kier alpha value is -3.07. The van der Waals surface area contributed by atoms with Crippen molar-refractivity contribution in [3.8, 4) is 22.2 Å². The predicted molar refractivity (Wildman–Crippen MR) is 92.1 cm³/mol. The highest BCUT2D eigenvalue weighted by Crippen LogP contribution is 2.21. The lowest BCUT2D eigenvalue weighted by molar-refractivity contribution is 0.369. The van der Waals surface area contributed by atoms with Crippen LogP contribution < -0.4 is 5.76 Å². The van der Waals surface area contributed by atoms with Crippen LogP contribution in [-0.2, 0) is 13.0 Å². The highest BCUT2D eigenvalue weighted by Gasteiger charge is 2.12. The van der Waals surface area contributed by atoms with Crippen molar-refractivity contribution in [2.45, 2.75) is 19.4 Å². The van der Waals surface area contributed by atoms with Gasteiger partial charge in [0.15, 0.2) is 0 Å². The van der Waals surface area contributed by atoms with Gasteiger partial charge in [-0.1, -0.05) is 11.2 Å². The number of thiophene rings is 1. The summed E-state index contributed by atoms with van der Waals surface area (Å²) in [4.78, 5) is 17.2. The lowest BCUT2D eigenvalue weighted by atomic mass is 10.2. The monoisotopic (exact) mass is 372 g/mol. The Morgan fingerprint density at radius 3 is 2.81 bits per heavy atom. The molecular formula is C17H13FN4O3S. The van der Waals surface area contributed by atoms with Gasteiger partial charge >= 0.3 is 5.76 Å². The molecule has 3 aromatic heterocycles. The molecule has 0 radical (unpaired) electrons. The first kappa shape index (κ1) is 16.4. The number of benzene rings is 1. The number of aryl methyl sites for hydroxylation is 2. The average molecular weight is 372 g/mol. The molecule has 4 aromatic rings. The highest BCUT2D eigenvalue weighted by atomic mass is 32.1. The zero-order chi connectivity index (χ0) is 17.9. The van der Waals surface area contributed by atoms with Crippen LogP contribution in [0.25, 0.3) is 22.2 Å². The summed E-state index contributed by atoms with van der Waals surface area (Å²) in [6.07, 6.45) is 1.10. The van der Waals surface area contributed by atoms with E-state index in [2.05, 4.69) is 15.2 Å². The Balaban J connectivity index is 1.39. The molecule has 0 aliphatic heterocycles. The van der Waals surface area contributed by atoms with Gasteiger partial charge in [-0.05, 0) is 42.1 Å². The fourth-order valence-corrected chi connectivity index (χ4v) is 3.05. The van der Waals surface area contributed by atoms with Crippen molar-refractivity contribution in [1.82, 2.24) is 19.9 Å². The van der Waals surface area contributed by atoms with Crippen LogP contribution >= 0.6 is 11.3 Å². The average Bonchev–Trinajstić information content (AvgIpc) is 3.37. The van der Waals surface area contributed by atoms with Gasteiger partial charge < -0.3 is 8.94 Å². The Morgan fingerprint density at radius 1 is 1.19 bits per heavy atom. The second-order valence-corrected chi connectivity index (χ2v) is 6.44. The van der Waals surface area contributed by atoms with Gasteiger partial charge in [0.1, 0.15) is 5.82 Å². The highest BCUT2D eigenvalue weighted by molar-refractivity contribution is 7.13. The largest absolute Gasteiger partial charge is 0.437 e. The van der Waals surface area contributed by atoms with Gasteiger partial charge in [-0.3, -0.25) is 0 Å². The Morgan fingerprint density at radius 2 is 2.04 bits per heavy atom. The smallest absolute Gasteiger partial charge is 0.388 e. The van der Waals surface area contributed by atoms with E-state index >= 15 is 0 Å². The fraction of sp³-hybridized carbons (Fsp3) is 0.176. The third-order valence-corrected chi connectivity index (χ3v) is 4.53. The molecule has 26 heavy (non-hydrogen) atoms. The minimum atomic E-state index is -0.561. The normalized spacial score (nSPS) is 11.1. The molecule has 0 bridgehead atoms. The molecule has 9 heteroatoms. The van der Waals surface area contributed by atoms with E-state index in [0.717, 1.165) is 4.88 Å². The first-order valence-corrected chi connectivity index (χ1v) is 8.77. The lowest BCUT2D eigenvalue weighted by Gasteiger charge is -1.96. The van der Waals surface area contributed by atoms with Crippen molar-refractivity contribution in [1.29, 1.82) is 0 Å². The molecule has 0 saturated carbocycles. The Labute approximate surface area is 150 Å². The van der Waals surface area contributed by atoms with Gasteiger partial charge in [0, 0.05) is 18.5 Å². The van der Waals surface area contributed by atoms with E-state index in [-0.39, 0.29) is 11.7 Å². The molecule has 132 valence electrons. The van der Waals surface area contributed by atoms with Crippen molar-refractivity contribution in [3.63, 3.8) is 0 Å². The number of halogens is 1. The lowest BCUT2D eigenvalue weighted by Crippen LogP contribution is -2.16. The summed E-state index contributed by atoms with van der Waals surface area (Å²) < 4.78 is 24.5. The van der Waals surface area contributed by atoms with Crippen LogP contribution in [0.2, 0.25) is 0 Å². The molecule has 0 N–H and O–H groups in total. The van der Waals surface area contributed by atoms with E-state index < -0.39 is 5.76 Å². The molecule has 3 heterocycles. The number of nitrogens with zero attached hydrogens (tertiary/aromatic N) is 4. The predicted octanol–water partition coefficient (Wildman–Crippen LogP) is 3.39. The van der Waals surface area contributed by atoms with Crippen molar-refractivity contribution in [2.75, 3.05) is 0 Å². The summed E-state index contributed by atoms with van der Waals surface area (Å²) in [5.41, 5.74) is 0.541. The van der Waals surface area contributed by atoms with E-state index in [0.29, 0.717) is 36.7 Å². The quantitative estimate of drug-likeness (QED) is 0.516. The Bertz CT molecular complexity index is 1050. The molecule has 0 fully saturated rings. The molecule has 0 amide bonds. The van der Waals surface area contributed by atoms with Crippen LogP contribution in [0.5, 0.6) is 0 Å². The maximum Gasteiger partial charge on any atom is 0.437 e. The maximum atomic E-state index is 13.0. The minimum Gasteiger partial charge on any atom is -0.388 e. The zero-order valence-electron chi connectivity index (χ0n) is 13.5. The van der Waals surface area contributed by atoms with Crippen LogP contribution in [0.1, 0.15) is 12.3 Å². The third kappa shape index (κ3) is 3.47. The maximum absolute atomic E-state index is 13.0. The zero-order valence-corrected chi connectivity index (χ0v) is 14.3. The molecule has 0 spiro atoms. The molecule has 0 aliphatic carbocycles. The first-order chi connectivity index (χ1) is 12.7. The summed E-state index contributed by atoms with van der Waals surface area (Å²) in [7, 11) is 0. The second-order valence-electron chi connectivity index (χ2n) is 5.50.